The lowest BCUT2D eigenvalue weighted by molar-refractivity contribution is -0.118. The summed E-state index contributed by atoms with van der Waals surface area (Å²) < 4.78 is 11.0. The number of amides is 1. The number of anilines is 1. The highest BCUT2D eigenvalue weighted by Gasteiger charge is 2.16. The van der Waals surface area contributed by atoms with Gasteiger partial charge in [0.15, 0.2) is 6.61 Å². The van der Waals surface area contributed by atoms with E-state index in [2.05, 4.69) is 5.32 Å². The fraction of sp³-hybridized carbons (Fsp3) is 0.133. The highest BCUT2D eigenvalue weighted by atomic mass is 16.5. The molecule has 19 heavy (non-hydrogen) atoms. The zero-order valence-corrected chi connectivity index (χ0v) is 10.3. The number of fused-ring (bicyclic) bond motifs is 1. The van der Waals surface area contributed by atoms with Gasteiger partial charge >= 0.3 is 0 Å². The van der Waals surface area contributed by atoms with Gasteiger partial charge in [-0.1, -0.05) is 30.3 Å². The first-order chi connectivity index (χ1) is 9.31. The number of hydrogen-bond acceptors (Lipinski definition) is 3. The molecule has 0 bridgehead atoms. The molecule has 0 saturated carbocycles. The second-order valence-corrected chi connectivity index (χ2v) is 4.27. The first-order valence-corrected chi connectivity index (χ1v) is 6.05. The van der Waals surface area contributed by atoms with Gasteiger partial charge in [-0.05, 0) is 17.7 Å². The summed E-state index contributed by atoms with van der Waals surface area (Å²) in [6.45, 7) is 0.557. The molecular weight excluding hydrogens is 242 g/mol. The van der Waals surface area contributed by atoms with Gasteiger partial charge in [0.25, 0.3) is 5.91 Å². The number of nitrogens with one attached hydrogen (secondary N) is 1. The quantitative estimate of drug-likeness (QED) is 0.917. The normalized spacial score (nSPS) is 13.2. The van der Waals surface area contributed by atoms with E-state index in [0.29, 0.717) is 18.0 Å². The molecule has 3 rings (SSSR count). The van der Waals surface area contributed by atoms with E-state index >= 15 is 0 Å². The predicted octanol–water partition coefficient (Wildman–Crippen LogP) is 2.60. The number of carbonyl (C=O) groups excluding carboxylic acids is 1. The summed E-state index contributed by atoms with van der Waals surface area (Å²) in [7, 11) is 0. The highest BCUT2D eigenvalue weighted by Crippen LogP contribution is 2.31. The molecule has 0 aromatic heterocycles. The van der Waals surface area contributed by atoms with Crippen LogP contribution in [0.5, 0.6) is 11.5 Å². The largest absolute Gasteiger partial charge is 0.489 e. The molecule has 1 aliphatic heterocycles. The average molecular weight is 255 g/mol. The smallest absolute Gasteiger partial charge is 0.262 e. The van der Waals surface area contributed by atoms with Crippen molar-refractivity contribution in [2.75, 3.05) is 11.9 Å². The van der Waals surface area contributed by atoms with Crippen molar-refractivity contribution in [1.29, 1.82) is 0 Å². The number of hydrogen-bond donors (Lipinski definition) is 1. The van der Waals surface area contributed by atoms with Crippen molar-refractivity contribution in [1.82, 2.24) is 0 Å². The Balaban J connectivity index is 1.71. The molecule has 1 N–H and O–H groups in total. The van der Waals surface area contributed by atoms with Crippen molar-refractivity contribution in [2.45, 2.75) is 6.61 Å². The van der Waals surface area contributed by atoms with Gasteiger partial charge in [-0.15, -0.1) is 0 Å². The van der Waals surface area contributed by atoms with Gasteiger partial charge in [0, 0.05) is 6.07 Å². The maximum Gasteiger partial charge on any atom is 0.262 e. The van der Waals surface area contributed by atoms with Crippen LogP contribution in [0.4, 0.5) is 5.69 Å². The molecule has 2 aromatic carbocycles. The highest BCUT2D eigenvalue weighted by molar-refractivity contribution is 5.95. The molecule has 1 heterocycles. The summed E-state index contributed by atoms with van der Waals surface area (Å²) >= 11 is 0. The molecule has 4 nitrogen and oxygen atoms in total. The monoisotopic (exact) mass is 255 g/mol. The van der Waals surface area contributed by atoms with Crippen molar-refractivity contribution in [3.63, 3.8) is 0 Å². The molecule has 0 aliphatic carbocycles. The molecule has 1 amide bonds. The number of benzene rings is 2. The van der Waals surface area contributed by atoms with E-state index in [1.54, 1.807) is 12.1 Å². The Bertz CT molecular complexity index is 596. The summed E-state index contributed by atoms with van der Waals surface area (Å²) in [5.41, 5.74) is 1.79. The number of ether oxygens (including phenoxy) is 2. The summed E-state index contributed by atoms with van der Waals surface area (Å²) in [6.07, 6.45) is 0. The van der Waals surface area contributed by atoms with Crippen LogP contribution in [0.25, 0.3) is 0 Å². The molecule has 0 saturated heterocycles. The maximum atomic E-state index is 11.2. The Labute approximate surface area is 111 Å². The number of carbonyl (C=O) groups is 1. The first kappa shape index (κ1) is 11.6. The lowest BCUT2D eigenvalue weighted by Crippen LogP contribution is -2.25. The predicted molar refractivity (Wildman–Crippen MR) is 71.3 cm³/mol. The van der Waals surface area contributed by atoms with Crippen molar-refractivity contribution < 1.29 is 14.3 Å². The Kier molecular flexibility index (Phi) is 3.06. The zero-order valence-electron chi connectivity index (χ0n) is 10.3. The SMILES string of the molecule is O=C1COc2cc(OCc3ccccc3)ccc2N1. The Morgan fingerprint density at radius 2 is 2.00 bits per heavy atom. The van der Waals surface area contributed by atoms with Crippen LogP contribution in [0, 0.1) is 0 Å². The van der Waals surface area contributed by atoms with Crippen LogP contribution < -0.4 is 14.8 Å². The average Bonchev–Trinajstić information content (AvgIpc) is 2.46. The van der Waals surface area contributed by atoms with Crippen LogP contribution in [0.1, 0.15) is 5.56 Å². The molecule has 0 unspecified atom stereocenters. The fourth-order valence-corrected chi connectivity index (χ4v) is 1.89. The standard InChI is InChI=1S/C15H13NO3/c17-15-10-19-14-8-12(6-7-13(14)16-15)18-9-11-4-2-1-3-5-11/h1-8H,9-10H2,(H,16,17). The first-order valence-electron chi connectivity index (χ1n) is 6.05. The van der Waals surface area contributed by atoms with Crippen LogP contribution in [0.3, 0.4) is 0 Å². The van der Waals surface area contributed by atoms with E-state index in [1.165, 1.54) is 0 Å². The minimum absolute atomic E-state index is 0.0507. The fourth-order valence-electron chi connectivity index (χ4n) is 1.89. The summed E-state index contributed by atoms with van der Waals surface area (Å²) in [4.78, 5) is 11.2. The summed E-state index contributed by atoms with van der Waals surface area (Å²) in [6, 6.07) is 15.3. The summed E-state index contributed by atoms with van der Waals surface area (Å²) in [5, 5.41) is 2.74. The van der Waals surface area contributed by atoms with Crippen molar-refractivity contribution in [2.24, 2.45) is 0 Å². The third-order valence-electron chi connectivity index (χ3n) is 2.83. The minimum Gasteiger partial charge on any atom is -0.489 e. The molecule has 96 valence electrons. The zero-order chi connectivity index (χ0) is 13.1. The molecule has 0 spiro atoms. The second kappa shape index (κ2) is 5.02. The van der Waals surface area contributed by atoms with Crippen molar-refractivity contribution in [3.05, 3.63) is 54.1 Å². The van der Waals surface area contributed by atoms with E-state index < -0.39 is 0 Å². The van der Waals surface area contributed by atoms with E-state index in [4.69, 9.17) is 9.47 Å². The van der Waals surface area contributed by atoms with Gasteiger partial charge in [-0.3, -0.25) is 4.79 Å². The van der Waals surface area contributed by atoms with E-state index in [9.17, 15) is 4.79 Å². The van der Waals surface area contributed by atoms with Crippen LogP contribution in [-0.2, 0) is 11.4 Å². The molecule has 2 aromatic rings. The van der Waals surface area contributed by atoms with Crippen LogP contribution in [0.15, 0.2) is 48.5 Å². The number of rotatable bonds is 3. The van der Waals surface area contributed by atoms with Gasteiger partial charge in [0.1, 0.15) is 18.1 Å². The third kappa shape index (κ3) is 2.68. The molecule has 4 heteroatoms. The van der Waals surface area contributed by atoms with Crippen molar-refractivity contribution >= 4 is 11.6 Å². The minimum atomic E-state index is -0.134. The van der Waals surface area contributed by atoms with E-state index in [1.807, 2.05) is 36.4 Å². The lowest BCUT2D eigenvalue weighted by Gasteiger charge is -2.18. The molecule has 0 radical (unpaired) electrons. The molecule has 1 aliphatic rings. The van der Waals surface area contributed by atoms with Crippen molar-refractivity contribution in [3.8, 4) is 11.5 Å². The van der Waals surface area contributed by atoms with Crippen LogP contribution in [0.2, 0.25) is 0 Å². The van der Waals surface area contributed by atoms with Gasteiger partial charge in [-0.25, -0.2) is 0 Å². The van der Waals surface area contributed by atoms with Crippen LogP contribution >= 0.6 is 0 Å². The maximum absolute atomic E-state index is 11.2. The lowest BCUT2D eigenvalue weighted by atomic mass is 10.2. The van der Waals surface area contributed by atoms with Gasteiger partial charge in [-0.2, -0.15) is 0 Å². The van der Waals surface area contributed by atoms with Crippen LogP contribution in [-0.4, -0.2) is 12.5 Å². The topological polar surface area (TPSA) is 47.6 Å². The van der Waals surface area contributed by atoms with Gasteiger partial charge in [0.05, 0.1) is 5.69 Å². The molecule has 0 atom stereocenters. The van der Waals surface area contributed by atoms with E-state index in [-0.39, 0.29) is 12.5 Å². The Hall–Kier alpha value is -2.49. The third-order valence-corrected chi connectivity index (χ3v) is 2.83. The molecule has 0 fully saturated rings. The molecular formula is C15H13NO3. The van der Waals surface area contributed by atoms with Gasteiger partial charge in [0.2, 0.25) is 0 Å². The second-order valence-electron chi connectivity index (χ2n) is 4.27. The Morgan fingerprint density at radius 3 is 2.84 bits per heavy atom. The van der Waals surface area contributed by atoms with E-state index in [0.717, 1.165) is 11.3 Å². The van der Waals surface area contributed by atoms with Gasteiger partial charge < -0.3 is 14.8 Å². The Morgan fingerprint density at radius 1 is 1.16 bits per heavy atom. The summed E-state index contributed by atoms with van der Waals surface area (Å²) in [5.74, 6) is 1.23.